The topological polar surface area (TPSA) is 37.3 Å². The minimum Gasteiger partial charge on any atom is -0.302 e. The minimum atomic E-state index is -2.76. The van der Waals surface area contributed by atoms with Gasteiger partial charge in [-0.05, 0) is 60.9 Å². The van der Waals surface area contributed by atoms with Gasteiger partial charge >= 0.3 is 0 Å². The van der Waals surface area contributed by atoms with Gasteiger partial charge in [-0.25, -0.2) is 4.21 Å². The second kappa shape index (κ2) is 4.54. The average Bonchev–Trinajstić information content (AvgIpc) is 2.33. The van der Waals surface area contributed by atoms with E-state index in [1.807, 2.05) is 0 Å². The summed E-state index contributed by atoms with van der Waals surface area (Å²) in [7, 11) is 0. The summed E-state index contributed by atoms with van der Waals surface area (Å²) in [6.07, 6.45) is 0. The molecule has 1 atom stereocenters. The van der Waals surface area contributed by atoms with Crippen LogP contribution < -0.4 is 0 Å². The zero-order chi connectivity index (χ0) is 18.5. The van der Waals surface area contributed by atoms with Crippen LogP contribution >= 0.6 is 0 Å². The molecule has 0 aliphatic heterocycles. The zero-order valence-electron chi connectivity index (χ0n) is 16.8. The molecule has 0 heterocycles. The van der Waals surface area contributed by atoms with Crippen molar-refractivity contribution < 1.29 is 17.0 Å². The summed E-state index contributed by atoms with van der Waals surface area (Å²) in [5, 5.41) is 0. The predicted molar refractivity (Wildman–Crippen MR) is 73.1 cm³/mol. The fourth-order valence-corrected chi connectivity index (χ4v) is 3.12. The van der Waals surface area contributed by atoms with Gasteiger partial charge in [-0.3, -0.25) is 0 Å². The summed E-state index contributed by atoms with van der Waals surface area (Å²) in [5.74, 6) is 0. The first-order chi connectivity index (χ1) is 10.1. The van der Waals surface area contributed by atoms with Crippen LogP contribution in [0.1, 0.15) is 56.7 Å². The molecule has 0 amide bonds. The van der Waals surface area contributed by atoms with Crippen molar-refractivity contribution in [3.8, 4) is 0 Å². The first kappa shape index (κ1) is 7.70. The number of benzene rings is 1. The minimum absolute atomic E-state index is 0.210. The largest absolute Gasteiger partial charge is 0.302 e. The molecule has 96 valence electrons. The maximum absolute atomic E-state index is 11.6. The van der Waals surface area contributed by atoms with Crippen LogP contribution in [-0.4, -0.2) is 8.76 Å². The molecule has 1 N–H and O–H groups in total. The van der Waals surface area contributed by atoms with Crippen molar-refractivity contribution in [2.75, 3.05) is 0 Å². The lowest BCUT2D eigenvalue weighted by Gasteiger charge is -2.28. The first-order valence-electron chi connectivity index (χ1n) is 8.30. The van der Waals surface area contributed by atoms with Crippen LogP contribution in [0, 0.1) is 27.7 Å². The third-order valence-electron chi connectivity index (χ3n) is 3.23. The van der Waals surface area contributed by atoms with Crippen molar-refractivity contribution in [2.24, 2.45) is 0 Å². The van der Waals surface area contributed by atoms with Crippen molar-refractivity contribution in [2.45, 2.75) is 58.6 Å². The van der Waals surface area contributed by atoms with Gasteiger partial charge in [-0.1, -0.05) is 20.6 Å². The summed E-state index contributed by atoms with van der Waals surface area (Å²) in [4.78, 5) is 0.210. The summed E-state index contributed by atoms with van der Waals surface area (Å²) < 4.78 is 68.0. The third-order valence-corrected chi connectivity index (χ3v) is 4.19. The van der Waals surface area contributed by atoms with Gasteiger partial charge in [0.15, 0.2) is 11.1 Å². The fourth-order valence-electron chi connectivity index (χ4n) is 2.29. The zero-order valence-corrected chi connectivity index (χ0v) is 11.6. The maximum Gasteiger partial charge on any atom is 0.187 e. The molecule has 0 radical (unpaired) electrons. The molecule has 1 rings (SSSR count). The average molecular weight is 260 g/mol. The van der Waals surface area contributed by atoms with E-state index in [2.05, 4.69) is 0 Å². The van der Waals surface area contributed by atoms with Crippen LogP contribution in [0.4, 0.5) is 0 Å². The van der Waals surface area contributed by atoms with Gasteiger partial charge in [0.25, 0.3) is 0 Å². The predicted octanol–water partition coefficient (Wildman–Crippen LogP) is 3.80. The van der Waals surface area contributed by atoms with E-state index in [0.717, 1.165) is 0 Å². The van der Waals surface area contributed by atoms with Gasteiger partial charge in [0.2, 0.25) is 0 Å². The lowest BCUT2D eigenvalue weighted by atomic mass is 9.78. The Hall–Kier alpha value is -0.670. The van der Waals surface area contributed by atoms with Crippen LogP contribution in [-0.2, 0) is 16.5 Å². The van der Waals surface area contributed by atoms with E-state index in [1.165, 1.54) is 6.92 Å². The van der Waals surface area contributed by atoms with Crippen LogP contribution in [0.3, 0.4) is 0 Å². The Morgan fingerprint density at radius 1 is 1.06 bits per heavy atom. The molecular weight excluding hydrogens is 232 g/mol. The summed E-state index contributed by atoms with van der Waals surface area (Å²) >= 11 is -2.23. The van der Waals surface area contributed by atoms with Crippen LogP contribution in [0.15, 0.2) is 4.90 Å². The normalized spacial score (nSPS) is 20.6. The molecular formula is C14H22O2S. The number of rotatable bonds is 1. The van der Waals surface area contributed by atoms with E-state index in [1.54, 1.807) is 27.7 Å². The van der Waals surface area contributed by atoms with Gasteiger partial charge in [0.05, 0.1) is 4.90 Å². The third kappa shape index (κ3) is 2.45. The fraction of sp³-hybridized carbons (Fsp3) is 0.571. The standard InChI is InChI=1S/C14H22O2S/c1-8-10(3)13(17(15)16)11(4)9(2)12(8)14(5,6)7/h1-7H3,(H,15,16)/i5D3,6D3. The smallest absolute Gasteiger partial charge is 0.187 e. The molecule has 2 nitrogen and oxygen atoms in total. The molecule has 1 unspecified atom stereocenters. The molecule has 0 spiro atoms. The van der Waals surface area contributed by atoms with Gasteiger partial charge in [-0.2, -0.15) is 0 Å². The van der Waals surface area contributed by atoms with Crippen molar-refractivity contribution in [1.82, 2.24) is 0 Å². The van der Waals surface area contributed by atoms with Gasteiger partial charge in [-0.15, -0.1) is 0 Å². The highest BCUT2D eigenvalue weighted by Crippen LogP contribution is 2.35. The number of hydrogen-bond donors (Lipinski definition) is 1. The van der Waals surface area contributed by atoms with E-state index in [0.29, 0.717) is 22.3 Å². The van der Waals surface area contributed by atoms with Crippen LogP contribution in [0.25, 0.3) is 0 Å². The van der Waals surface area contributed by atoms with E-state index in [-0.39, 0.29) is 10.5 Å². The number of hydrogen-bond acceptors (Lipinski definition) is 1. The summed E-state index contributed by atoms with van der Waals surface area (Å²) in [5.41, 5.74) is -0.103. The summed E-state index contributed by atoms with van der Waals surface area (Å²) in [6.45, 7) is 2.12. The Morgan fingerprint density at radius 2 is 1.47 bits per heavy atom. The Kier molecular flexibility index (Phi) is 2.06. The summed E-state index contributed by atoms with van der Waals surface area (Å²) in [6, 6.07) is 0. The van der Waals surface area contributed by atoms with Crippen molar-refractivity contribution in [1.29, 1.82) is 0 Å². The molecule has 3 heteroatoms. The van der Waals surface area contributed by atoms with Crippen LogP contribution in [0.2, 0.25) is 0 Å². The molecule has 0 aromatic heterocycles. The molecule has 0 saturated carbocycles. The molecule has 1 aromatic carbocycles. The van der Waals surface area contributed by atoms with E-state index in [4.69, 9.17) is 8.22 Å². The Bertz CT molecular complexity index is 618. The van der Waals surface area contributed by atoms with Crippen molar-refractivity contribution in [3.63, 3.8) is 0 Å². The Labute approximate surface area is 115 Å². The lowest BCUT2D eigenvalue weighted by Crippen LogP contribution is -2.18. The Balaban J connectivity index is 4.04. The molecule has 1 aromatic rings. The van der Waals surface area contributed by atoms with Crippen molar-refractivity contribution >= 4 is 11.1 Å². The maximum atomic E-state index is 11.6. The molecule has 0 bridgehead atoms. The molecule has 0 aliphatic carbocycles. The highest BCUT2D eigenvalue weighted by atomic mass is 32.2. The SMILES string of the molecule is [2H]C([2H])([2H])C(C)(c1c(C)c(C)c(S(=O)O)c(C)c1C)C([2H])([2H])[2H]. The molecule has 0 fully saturated rings. The second-order valence-electron chi connectivity index (χ2n) is 4.58. The van der Waals surface area contributed by atoms with E-state index < -0.39 is 30.2 Å². The highest BCUT2D eigenvalue weighted by Gasteiger charge is 2.24. The van der Waals surface area contributed by atoms with E-state index in [9.17, 15) is 8.76 Å². The van der Waals surface area contributed by atoms with Gasteiger partial charge in [0, 0.05) is 8.22 Å². The monoisotopic (exact) mass is 260 g/mol. The lowest BCUT2D eigenvalue weighted by molar-refractivity contribution is 0.559. The van der Waals surface area contributed by atoms with Crippen molar-refractivity contribution in [3.05, 3.63) is 27.8 Å². The van der Waals surface area contributed by atoms with Crippen LogP contribution in [0.5, 0.6) is 0 Å². The second-order valence-corrected chi connectivity index (χ2v) is 5.48. The molecule has 0 saturated heterocycles. The van der Waals surface area contributed by atoms with Gasteiger partial charge < -0.3 is 4.55 Å². The highest BCUT2D eigenvalue weighted by molar-refractivity contribution is 7.79. The first-order valence-corrected chi connectivity index (χ1v) is 6.41. The quantitative estimate of drug-likeness (QED) is 0.780. The van der Waals surface area contributed by atoms with Gasteiger partial charge in [0.1, 0.15) is 0 Å². The molecule has 0 aliphatic rings. The van der Waals surface area contributed by atoms with E-state index >= 15 is 0 Å². The molecule has 17 heavy (non-hydrogen) atoms. The Morgan fingerprint density at radius 3 is 1.76 bits per heavy atom.